The molecule has 0 saturated heterocycles. The Balaban J connectivity index is 3.31. The van der Waals surface area contributed by atoms with E-state index >= 15 is 0 Å². The van der Waals surface area contributed by atoms with Crippen molar-refractivity contribution < 1.29 is 18.3 Å². The van der Waals surface area contributed by atoms with Crippen LogP contribution in [0.3, 0.4) is 0 Å². The first-order chi connectivity index (χ1) is 8.55. The van der Waals surface area contributed by atoms with Crippen molar-refractivity contribution in [1.82, 2.24) is 0 Å². The molecule has 0 fully saturated rings. The van der Waals surface area contributed by atoms with Gasteiger partial charge in [-0.1, -0.05) is 11.6 Å². The van der Waals surface area contributed by atoms with Crippen LogP contribution in [-0.2, 0) is 14.8 Å². The van der Waals surface area contributed by atoms with Crippen LogP contribution in [0.15, 0.2) is 24.3 Å². The van der Waals surface area contributed by atoms with Crippen molar-refractivity contribution in [1.29, 1.82) is 0 Å². The molecule has 106 valence electrons. The molecule has 0 amide bonds. The standard InChI is InChI=1S/C12H16ClNO4S/c1-12(2,3)19(17,18)14(8-11(15)16)10-6-4-9(13)5-7-10/h4-7H,8H2,1-3H3,(H,15,16). The Labute approximate surface area is 117 Å². The van der Waals surface area contributed by atoms with Crippen LogP contribution in [0.4, 0.5) is 5.69 Å². The summed E-state index contributed by atoms with van der Waals surface area (Å²) in [6.45, 7) is 3.94. The average molecular weight is 306 g/mol. The van der Waals surface area contributed by atoms with E-state index in [4.69, 9.17) is 16.7 Å². The lowest BCUT2D eigenvalue weighted by atomic mass is 10.3. The molecule has 0 spiro atoms. The summed E-state index contributed by atoms with van der Waals surface area (Å²) in [6, 6.07) is 6.00. The van der Waals surface area contributed by atoms with E-state index in [9.17, 15) is 13.2 Å². The minimum Gasteiger partial charge on any atom is -0.480 e. The molecule has 0 aliphatic rings. The van der Waals surface area contributed by atoms with Crippen LogP contribution in [0, 0.1) is 0 Å². The van der Waals surface area contributed by atoms with Crippen molar-refractivity contribution in [3.8, 4) is 0 Å². The molecule has 1 aromatic carbocycles. The molecule has 0 aliphatic carbocycles. The third-order valence-corrected chi connectivity index (χ3v) is 5.18. The molecule has 0 saturated carbocycles. The minimum absolute atomic E-state index is 0.279. The van der Waals surface area contributed by atoms with Gasteiger partial charge in [0.25, 0.3) is 0 Å². The van der Waals surface area contributed by atoms with Gasteiger partial charge in [-0.15, -0.1) is 0 Å². The van der Waals surface area contributed by atoms with Crippen molar-refractivity contribution in [2.75, 3.05) is 10.8 Å². The number of anilines is 1. The predicted molar refractivity (Wildman–Crippen MR) is 75.1 cm³/mol. The molecule has 1 aromatic rings. The molecule has 7 heteroatoms. The number of aliphatic carboxylic acids is 1. The second-order valence-electron chi connectivity index (χ2n) is 4.99. The normalized spacial score (nSPS) is 12.2. The Morgan fingerprint density at radius 3 is 2.11 bits per heavy atom. The van der Waals surface area contributed by atoms with Gasteiger partial charge in [0.05, 0.1) is 10.4 Å². The monoisotopic (exact) mass is 305 g/mol. The zero-order valence-electron chi connectivity index (χ0n) is 10.9. The summed E-state index contributed by atoms with van der Waals surface area (Å²) in [5, 5.41) is 9.35. The fourth-order valence-electron chi connectivity index (χ4n) is 1.38. The lowest BCUT2D eigenvalue weighted by molar-refractivity contribution is -0.135. The summed E-state index contributed by atoms with van der Waals surface area (Å²) < 4.78 is 24.6. The number of nitrogens with zero attached hydrogens (tertiary/aromatic N) is 1. The van der Waals surface area contributed by atoms with Crippen molar-refractivity contribution >= 4 is 33.3 Å². The van der Waals surface area contributed by atoms with E-state index in [1.165, 1.54) is 45.0 Å². The van der Waals surface area contributed by atoms with Gasteiger partial charge in [-0.2, -0.15) is 0 Å². The largest absolute Gasteiger partial charge is 0.480 e. The molecule has 5 nitrogen and oxygen atoms in total. The Bertz CT molecular complexity index is 560. The number of sulfonamides is 1. The van der Waals surface area contributed by atoms with Crippen LogP contribution >= 0.6 is 11.6 Å². The lowest BCUT2D eigenvalue weighted by Crippen LogP contribution is -2.45. The van der Waals surface area contributed by atoms with E-state index in [-0.39, 0.29) is 5.69 Å². The Hall–Kier alpha value is -1.27. The van der Waals surface area contributed by atoms with Crippen LogP contribution in [0.25, 0.3) is 0 Å². The third kappa shape index (κ3) is 3.61. The molecule has 0 bridgehead atoms. The van der Waals surface area contributed by atoms with E-state index in [2.05, 4.69) is 0 Å². The molecular weight excluding hydrogens is 290 g/mol. The molecule has 0 aromatic heterocycles. The number of carbonyl (C=O) groups is 1. The fraction of sp³-hybridized carbons (Fsp3) is 0.417. The van der Waals surface area contributed by atoms with Crippen molar-refractivity contribution in [3.05, 3.63) is 29.3 Å². The molecular formula is C12H16ClNO4S. The van der Waals surface area contributed by atoms with Crippen molar-refractivity contribution in [2.45, 2.75) is 25.5 Å². The highest BCUT2D eigenvalue weighted by molar-refractivity contribution is 7.94. The molecule has 0 aliphatic heterocycles. The van der Waals surface area contributed by atoms with Gasteiger partial charge in [-0.25, -0.2) is 8.42 Å². The highest BCUT2D eigenvalue weighted by Gasteiger charge is 2.36. The highest BCUT2D eigenvalue weighted by atomic mass is 35.5. The average Bonchev–Trinajstić information content (AvgIpc) is 2.25. The number of carboxylic acid groups (broad SMARTS) is 1. The first kappa shape index (κ1) is 15.8. The second kappa shape index (κ2) is 5.38. The molecule has 1 N–H and O–H groups in total. The maximum absolute atomic E-state index is 12.4. The van der Waals surface area contributed by atoms with Gasteiger partial charge in [-0.3, -0.25) is 9.10 Å². The SMILES string of the molecule is CC(C)(C)S(=O)(=O)N(CC(=O)O)c1ccc(Cl)cc1. The molecule has 0 atom stereocenters. The molecule has 0 unspecified atom stereocenters. The fourth-order valence-corrected chi connectivity index (χ4v) is 2.84. The van der Waals surface area contributed by atoms with E-state index in [0.29, 0.717) is 5.02 Å². The van der Waals surface area contributed by atoms with Crippen LogP contribution < -0.4 is 4.31 Å². The number of rotatable bonds is 4. The summed E-state index contributed by atoms with van der Waals surface area (Å²) in [5.74, 6) is -1.22. The highest BCUT2D eigenvalue weighted by Crippen LogP contribution is 2.27. The lowest BCUT2D eigenvalue weighted by Gasteiger charge is -2.30. The summed E-state index contributed by atoms with van der Waals surface area (Å²) in [6.07, 6.45) is 0. The van der Waals surface area contributed by atoms with Gasteiger partial charge in [0.15, 0.2) is 0 Å². The van der Waals surface area contributed by atoms with Crippen LogP contribution in [-0.4, -0.2) is 30.8 Å². The van der Waals surface area contributed by atoms with E-state index in [1.54, 1.807) is 0 Å². The molecule has 19 heavy (non-hydrogen) atoms. The van der Waals surface area contributed by atoms with Crippen LogP contribution in [0.1, 0.15) is 20.8 Å². The molecule has 0 radical (unpaired) electrons. The summed E-state index contributed by atoms with van der Waals surface area (Å²) in [7, 11) is -3.79. The van der Waals surface area contributed by atoms with Gasteiger partial charge in [0, 0.05) is 5.02 Å². The second-order valence-corrected chi connectivity index (χ2v) is 8.05. The summed E-state index contributed by atoms with van der Waals surface area (Å²) in [5.41, 5.74) is 0.279. The van der Waals surface area contributed by atoms with Gasteiger partial charge in [0.2, 0.25) is 10.0 Å². The Kier molecular flexibility index (Phi) is 4.47. The van der Waals surface area contributed by atoms with Gasteiger partial charge < -0.3 is 5.11 Å². The predicted octanol–water partition coefficient (Wildman–Crippen LogP) is 2.36. The van der Waals surface area contributed by atoms with Gasteiger partial charge >= 0.3 is 5.97 Å². The minimum atomic E-state index is -3.79. The van der Waals surface area contributed by atoms with Gasteiger partial charge in [0.1, 0.15) is 6.54 Å². The van der Waals surface area contributed by atoms with E-state index < -0.39 is 27.3 Å². The number of hydrogen-bond acceptors (Lipinski definition) is 3. The van der Waals surface area contributed by atoms with Gasteiger partial charge in [-0.05, 0) is 45.0 Å². The Morgan fingerprint density at radius 1 is 1.26 bits per heavy atom. The zero-order chi connectivity index (χ0) is 14.8. The first-order valence-electron chi connectivity index (χ1n) is 5.55. The topological polar surface area (TPSA) is 74.7 Å². The van der Waals surface area contributed by atoms with Crippen LogP contribution in [0.2, 0.25) is 5.02 Å². The zero-order valence-corrected chi connectivity index (χ0v) is 12.5. The summed E-state index contributed by atoms with van der Waals surface area (Å²) >= 11 is 5.74. The quantitative estimate of drug-likeness (QED) is 0.926. The maximum Gasteiger partial charge on any atom is 0.324 e. The number of halogens is 1. The van der Waals surface area contributed by atoms with E-state index in [1.807, 2.05) is 0 Å². The third-order valence-electron chi connectivity index (χ3n) is 2.46. The molecule has 0 heterocycles. The van der Waals surface area contributed by atoms with Crippen LogP contribution in [0.5, 0.6) is 0 Å². The summed E-state index contributed by atoms with van der Waals surface area (Å²) in [4.78, 5) is 10.9. The Morgan fingerprint density at radius 2 is 1.74 bits per heavy atom. The smallest absolute Gasteiger partial charge is 0.324 e. The maximum atomic E-state index is 12.4. The van der Waals surface area contributed by atoms with E-state index in [0.717, 1.165) is 4.31 Å². The van der Waals surface area contributed by atoms with Crippen molar-refractivity contribution in [3.63, 3.8) is 0 Å². The number of hydrogen-bond donors (Lipinski definition) is 1. The van der Waals surface area contributed by atoms with Crippen molar-refractivity contribution in [2.24, 2.45) is 0 Å². The number of benzene rings is 1. The first-order valence-corrected chi connectivity index (χ1v) is 7.37. The number of carboxylic acids is 1. The molecule has 1 rings (SSSR count).